The van der Waals surface area contributed by atoms with Crippen LogP contribution in [0.4, 0.5) is 0 Å². The van der Waals surface area contributed by atoms with Crippen LogP contribution in [0.25, 0.3) is 12.2 Å². The summed E-state index contributed by atoms with van der Waals surface area (Å²) in [5, 5.41) is 0. The lowest BCUT2D eigenvalue weighted by Crippen LogP contribution is -2.16. The molecule has 4 aromatic rings. The van der Waals surface area contributed by atoms with E-state index in [1.807, 2.05) is 60.7 Å². The second-order valence-electron chi connectivity index (χ2n) is 6.46. The molecule has 0 fully saturated rings. The fourth-order valence-electron chi connectivity index (χ4n) is 2.83. The molecule has 0 aliphatic heterocycles. The number of hydrogen-bond donors (Lipinski definition) is 1. The van der Waals surface area contributed by atoms with Gasteiger partial charge in [0.05, 0.1) is 0 Å². The topological polar surface area (TPSA) is 67.9 Å². The SMILES string of the molecule is O=c1nc(Oc2ccccc2)nc(Cc2ccc(C=Cc3ccccc3)cc2)[nH]1. The predicted octanol–water partition coefficient (Wildman–Crippen LogP) is 4.72. The Balaban J connectivity index is 1.46. The fourth-order valence-corrected chi connectivity index (χ4v) is 2.83. The van der Waals surface area contributed by atoms with Crippen molar-refractivity contribution in [2.24, 2.45) is 0 Å². The summed E-state index contributed by atoms with van der Waals surface area (Å²) in [4.78, 5) is 22.6. The Kier molecular flexibility index (Phi) is 5.58. The number of hydrogen-bond acceptors (Lipinski definition) is 4. The molecule has 3 aromatic carbocycles. The molecule has 5 nitrogen and oxygen atoms in total. The van der Waals surface area contributed by atoms with E-state index >= 15 is 0 Å². The molecular formula is C24H19N3O2. The number of benzene rings is 3. The summed E-state index contributed by atoms with van der Waals surface area (Å²) < 4.78 is 5.58. The first-order chi connectivity index (χ1) is 14.2. The van der Waals surface area contributed by atoms with Crippen molar-refractivity contribution in [3.8, 4) is 11.8 Å². The molecule has 0 aliphatic carbocycles. The van der Waals surface area contributed by atoms with Crippen molar-refractivity contribution in [1.29, 1.82) is 0 Å². The average Bonchev–Trinajstić information content (AvgIpc) is 2.74. The summed E-state index contributed by atoms with van der Waals surface area (Å²) in [7, 11) is 0. The number of ether oxygens (including phenoxy) is 1. The van der Waals surface area contributed by atoms with Gasteiger partial charge in [0.1, 0.15) is 11.6 Å². The number of para-hydroxylation sites is 1. The zero-order chi connectivity index (χ0) is 19.9. The van der Waals surface area contributed by atoms with E-state index < -0.39 is 5.69 Å². The molecule has 1 aromatic heterocycles. The number of aromatic amines is 1. The molecule has 0 aliphatic rings. The third kappa shape index (κ3) is 5.26. The molecule has 0 saturated carbocycles. The Morgan fingerprint density at radius 2 is 1.38 bits per heavy atom. The van der Waals surface area contributed by atoms with Crippen molar-refractivity contribution in [3.05, 3.63) is 118 Å². The lowest BCUT2D eigenvalue weighted by atomic mass is 10.1. The van der Waals surface area contributed by atoms with Crippen LogP contribution in [0.1, 0.15) is 22.5 Å². The molecule has 29 heavy (non-hydrogen) atoms. The molecule has 0 spiro atoms. The molecule has 0 amide bonds. The van der Waals surface area contributed by atoms with Crippen LogP contribution in [0.15, 0.2) is 89.7 Å². The summed E-state index contributed by atoms with van der Waals surface area (Å²) >= 11 is 0. The van der Waals surface area contributed by atoms with Gasteiger partial charge in [-0.2, -0.15) is 4.98 Å². The molecule has 0 atom stereocenters. The summed E-state index contributed by atoms with van der Waals surface area (Å²) in [6.45, 7) is 0. The van der Waals surface area contributed by atoms with Crippen LogP contribution in [0.5, 0.6) is 11.8 Å². The van der Waals surface area contributed by atoms with Crippen LogP contribution in [0.2, 0.25) is 0 Å². The van der Waals surface area contributed by atoms with Gasteiger partial charge in [-0.1, -0.05) is 84.9 Å². The van der Waals surface area contributed by atoms with Gasteiger partial charge in [-0.25, -0.2) is 4.79 Å². The number of rotatable bonds is 6. The Labute approximate surface area is 168 Å². The van der Waals surface area contributed by atoms with Gasteiger partial charge in [0.25, 0.3) is 0 Å². The quantitative estimate of drug-likeness (QED) is 0.491. The minimum Gasteiger partial charge on any atom is -0.424 e. The van der Waals surface area contributed by atoms with Gasteiger partial charge in [0.2, 0.25) is 0 Å². The van der Waals surface area contributed by atoms with Crippen molar-refractivity contribution >= 4 is 12.2 Å². The molecule has 142 valence electrons. The summed E-state index contributed by atoms with van der Waals surface area (Å²) in [5.41, 5.74) is 2.80. The molecule has 0 saturated heterocycles. The van der Waals surface area contributed by atoms with Gasteiger partial charge in [-0.05, 0) is 28.8 Å². The van der Waals surface area contributed by atoms with E-state index in [9.17, 15) is 4.79 Å². The highest BCUT2D eigenvalue weighted by atomic mass is 16.5. The Hall–Kier alpha value is -3.99. The zero-order valence-corrected chi connectivity index (χ0v) is 15.7. The molecular weight excluding hydrogens is 362 g/mol. The molecule has 0 unspecified atom stereocenters. The van der Waals surface area contributed by atoms with Gasteiger partial charge >= 0.3 is 11.7 Å². The maximum Gasteiger partial charge on any atom is 0.350 e. The molecule has 0 radical (unpaired) electrons. The first-order valence-electron chi connectivity index (χ1n) is 9.27. The fraction of sp³-hybridized carbons (Fsp3) is 0.0417. The van der Waals surface area contributed by atoms with Gasteiger partial charge in [-0.15, -0.1) is 4.98 Å². The molecule has 4 rings (SSSR count). The maximum atomic E-state index is 11.9. The molecule has 1 heterocycles. The predicted molar refractivity (Wildman–Crippen MR) is 114 cm³/mol. The second kappa shape index (κ2) is 8.80. The number of nitrogens with zero attached hydrogens (tertiary/aromatic N) is 2. The van der Waals surface area contributed by atoms with E-state index in [1.54, 1.807) is 12.1 Å². The molecule has 5 heteroatoms. The lowest BCUT2D eigenvalue weighted by Gasteiger charge is -2.05. The van der Waals surface area contributed by atoms with E-state index in [-0.39, 0.29) is 6.01 Å². The summed E-state index contributed by atoms with van der Waals surface area (Å²) in [5.74, 6) is 1.09. The van der Waals surface area contributed by atoms with Gasteiger partial charge in [0, 0.05) is 6.42 Å². The Bertz CT molecular complexity index is 1150. The van der Waals surface area contributed by atoms with E-state index in [2.05, 4.69) is 39.2 Å². The van der Waals surface area contributed by atoms with Crippen LogP contribution >= 0.6 is 0 Å². The third-order valence-electron chi connectivity index (χ3n) is 4.25. The zero-order valence-electron chi connectivity index (χ0n) is 15.7. The lowest BCUT2D eigenvalue weighted by molar-refractivity contribution is 0.434. The van der Waals surface area contributed by atoms with Crippen LogP contribution in [0, 0.1) is 0 Å². The monoisotopic (exact) mass is 381 g/mol. The van der Waals surface area contributed by atoms with Crippen LogP contribution in [0.3, 0.4) is 0 Å². The van der Waals surface area contributed by atoms with Crippen molar-refractivity contribution in [3.63, 3.8) is 0 Å². The minimum absolute atomic E-state index is 0.0392. The highest BCUT2D eigenvalue weighted by Gasteiger charge is 2.06. The minimum atomic E-state index is -0.483. The average molecular weight is 381 g/mol. The van der Waals surface area contributed by atoms with Crippen LogP contribution in [-0.2, 0) is 6.42 Å². The summed E-state index contributed by atoms with van der Waals surface area (Å²) in [6.07, 6.45) is 4.62. The largest absolute Gasteiger partial charge is 0.424 e. The van der Waals surface area contributed by atoms with Crippen LogP contribution in [-0.4, -0.2) is 15.0 Å². The Morgan fingerprint density at radius 3 is 2.07 bits per heavy atom. The third-order valence-corrected chi connectivity index (χ3v) is 4.25. The van der Waals surface area contributed by atoms with Crippen molar-refractivity contribution in [2.75, 3.05) is 0 Å². The van der Waals surface area contributed by atoms with E-state index in [0.717, 1.165) is 16.7 Å². The van der Waals surface area contributed by atoms with Crippen molar-refractivity contribution < 1.29 is 4.74 Å². The molecule has 1 N–H and O–H groups in total. The van der Waals surface area contributed by atoms with Crippen molar-refractivity contribution in [2.45, 2.75) is 6.42 Å². The van der Waals surface area contributed by atoms with E-state index in [1.165, 1.54) is 0 Å². The van der Waals surface area contributed by atoms with E-state index in [0.29, 0.717) is 18.0 Å². The number of nitrogens with one attached hydrogen (secondary N) is 1. The van der Waals surface area contributed by atoms with Crippen LogP contribution < -0.4 is 10.4 Å². The Morgan fingerprint density at radius 1 is 0.759 bits per heavy atom. The standard InChI is InChI=1S/C24H19N3O2/c28-23-25-22(26-24(27-23)29-21-9-5-2-6-10-21)17-20-15-13-19(14-16-20)12-11-18-7-3-1-4-8-18/h1-16H,17H2,(H,25,26,27,28). The first kappa shape index (κ1) is 18.4. The van der Waals surface area contributed by atoms with E-state index in [4.69, 9.17) is 4.74 Å². The smallest absolute Gasteiger partial charge is 0.350 e. The highest BCUT2D eigenvalue weighted by Crippen LogP contribution is 2.16. The highest BCUT2D eigenvalue weighted by molar-refractivity contribution is 5.69. The molecule has 0 bridgehead atoms. The maximum absolute atomic E-state index is 11.9. The number of H-pyrrole nitrogens is 1. The van der Waals surface area contributed by atoms with Crippen molar-refractivity contribution in [1.82, 2.24) is 15.0 Å². The number of aromatic nitrogens is 3. The normalized spacial score (nSPS) is 10.9. The van der Waals surface area contributed by atoms with Gasteiger partial charge in [-0.3, -0.25) is 4.98 Å². The summed E-state index contributed by atoms with van der Waals surface area (Å²) in [6, 6.07) is 27.4. The van der Waals surface area contributed by atoms with Gasteiger partial charge in [0.15, 0.2) is 0 Å². The first-order valence-corrected chi connectivity index (χ1v) is 9.27. The second-order valence-corrected chi connectivity index (χ2v) is 6.46. The van der Waals surface area contributed by atoms with Gasteiger partial charge < -0.3 is 4.74 Å².